The van der Waals surface area contributed by atoms with E-state index in [4.69, 9.17) is 0 Å². The van der Waals surface area contributed by atoms with Crippen LogP contribution in [0.5, 0.6) is 0 Å². The highest BCUT2D eigenvalue weighted by molar-refractivity contribution is 5.75. The zero-order chi connectivity index (χ0) is 13.7. The summed E-state index contributed by atoms with van der Waals surface area (Å²) in [4.78, 5) is 0. The molecule has 0 spiro atoms. The second kappa shape index (κ2) is 14.4. The number of quaternary nitrogens is 1. The largest absolute Gasteiger partial charge is 0.331 e. The summed E-state index contributed by atoms with van der Waals surface area (Å²) in [5, 5.41) is 0. The molecule has 0 aliphatic heterocycles. The quantitative estimate of drug-likeness (QED) is 0.267. The molecule has 0 saturated heterocycles. The zero-order valence-corrected chi connectivity index (χ0v) is 13.6. The lowest BCUT2D eigenvalue weighted by molar-refractivity contribution is -0.870. The first-order chi connectivity index (χ1) is 8.56. The Morgan fingerprint density at radius 2 is 0.842 bits per heavy atom. The standard InChI is InChI=1S/C17H38N.BH3/c1-5-6-7-8-9-10-11-12-13-14-15-16-17-18(2,3)4;/h5-17H2,1-4H3;1H3/q+1;. The Balaban J connectivity index is 0. The Morgan fingerprint density at radius 3 is 1.16 bits per heavy atom. The third kappa shape index (κ3) is 20.5. The number of rotatable bonds is 13. The van der Waals surface area contributed by atoms with E-state index in [1.54, 1.807) is 0 Å². The van der Waals surface area contributed by atoms with E-state index in [-0.39, 0.29) is 8.41 Å². The molecule has 0 amide bonds. The van der Waals surface area contributed by atoms with Crippen molar-refractivity contribution in [2.75, 3.05) is 27.7 Å². The number of nitrogens with zero attached hydrogens (tertiary/aromatic N) is 1. The van der Waals surface area contributed by atoms with Crippen molar-refractivity contribution in [3.05, 3.63) is 0 Å². The molecule has 0 aromatic heterocycles. The normalized spacial score (nSPS) is 11.4. The van der Waals surface area contributed by atoms with Crippen LogP contribution in [0, 0.1) is 0 Å². The van der Waals surface area contributed by atoms with Crippen molar-refractivity contribution in [2.24, 2.45) is 0 Å². The maximum absolute atomic E-state index is 2.29. The van der Waals surface area contributed by atoms with Crippen LogP contribution in [-0.4, -0.2) is 40.6 Å². The molecule has 0 aliphatic carbocycles. The summed E-state index contributed by atoms with van der Waals surface area (Å²) in [5.74, 6) is 0. The molecule has 0 aromatic carbocycles. The van der Waals surface area contributed by atoms with Crippen LogP contribution in [0.4, 0.5) is 0 Å². The summed E-state index contributed by atoms with van der Waals surface area (Å²) in [7, 11) is 6.87. The summed E-state index contributed by atoms with van der Waals surface area (Å²) < 4.78 is 1.12. The second-order valence-electron chi connectivity index (χ2n) is 6.90. The van der Waals surface area contributed by atoms with Gasteiger partial charge in [0.2, 0.25) is 0 Å². The minimum absolute atomic E-state index is 0. The second-order valence-corrected chi connectivity index (χ2v) is 6.90. The molecule has 19 heavy (non-hydrogen) atoms. The van der Waals surface area contributed by atoms with Gasteiger partial charge >= 0.3 is 0 Å². The van der Waals surface area contributed by atoms with E-state index < -0.39 is 0 Å². The van der Waals surface area contributed by atoms with Crippen LogP contribution >= 0.6 is 0 Å². The number of hydrogen-bond donors (Lipinski definition) is 0. The molecule has 0 fully saturated rings. The van der Waals surface area contributed by atoms with Gasteiger partial charge in [-0.3, -0.25) is 0 Å². The van der Waals surface area contributed by atoms with Crippen molar-refractivity contribution in [2.45, 2.75) is 84.0 Å². The molecule has 1 nitrogen and oxygen atoms in total. The zero-order valence-electron chi connectivity index (χ0n) is 13.6. The fraction of sp³-hybridized carbons (Fsp3) is 1.00. The summed E-state index contributed by atoms with van der Waals surface area (Å²) in [6, 6.07) is 0. The van der Waals surface area contributed by atoms with Crippen molar-refractivity contribution < 1.29 is 4.48 Å². The maximum atomic E-state index is 2.29. The van der Waals surface area contributed by atoms with Crippen LogP contribution in [0.15, 0.2) is 0 Å². The van der Waals surface area contributed by atoms with Crippen LogP contribution < -0.4 is 0 Å². The van der Waals surface area contributed by atoms with Gasteiger partial charge in [-0.25, -0.2) is 0 Å². The molecule has 0 aliphatic rings. The van der Waals surface area contributed by atoms with Gasteiger partial charge in [-0.05, 0) is 12.8 Å². The SMILES string of the molecule is B.CCCCCCCCCCCCCC[N+](C)(C)C. The van der Waals surface area contributed by atoms with Gasteiger partial charge in [0.05, 0.1) is 36.1 Å². The molecular weight excluding hydrogens is 229 g/mol. The first-order valence-corrected chi connectivity index (χ1v) is 8.36. The van der Waals surface area contributed by atoms with Crippen molar-refractivity contribution in [1.82, 2.24) is 0 Å². The van der Waals surface area contributed by atoms with Gasteiger partial charge in [0.1, 0.15) is 0 Å². The molecule has 0 rings (SSSR count). The van der Waals surface area contributed by atoms with E-state index in [1.165, 1.54) is 83.6 Å². The van der Waals surface area contributed by atoms with Crippen LogP contribution in [0.3, 0.4) is 0 Å². The highest BCUT2D eigenvalue weighted by atomic mass is 15.3. The predicted octanol–water partition coefficient (Wildman–Crippen LogP) is 4.21. The van der Waals surface area contributed by atoms with Crippen LogP contribution in [0.25, 0.3) is 0 Å². The van der Waals surface area contributed by atoms with E-state index in [2.05, 4.69) is 28.1 Å². The molecule has 0 unspecified atom stereocenters. The Hall–Kier alpha value is 0.0249. The van der Waals surface area contributed by atoms with Gasteiger partial charge in [0.15, 0.2) is 0 Å². The third-order valence-corrected chi connectivity index (χ3v) is 3.68. The molecule has 2 heteroatoms. The summed E-state index contributed by atoms with van der Waals surface area (Å²) in [6.07, 6.45) is 17.4. The van der Waals surface area contributed by atoms with E-state index in [1.807, 2.05) is 0 Å². The maximum Gasteiger partial charge on any atom is 0.0814 e. The Kier molecular flexibility index (Phi) is 16.2. The number of hydrogen-bond acceptors (Lipinski definition) is 0. The summed E-state index contributed by atoms with van der Waals surface area (Å²) in [5.41, 5.74) is 0. The van der Waals surface area contributed by atoms with E-state index in [0.29, 0.717) is 0 Å². The van der Waals surface area contributed by atoms with Crippen LogP contribution in [-0.2, 0) is 0 Å². The van der Waals surface area contributed by atoms with E-state index in [9.17, 15) is 0 Å². The molecule has 0 radical (unpaired) electrons. The van der Waals surface area contributed by atoms with Crippen molar-refractivity contribution >= 4 is 8.41 Å². The molecule has 0 aromatic rings. The van der Waals surface area contributed by atoms with Crippen molar-refractivity contribution in [1.29, 1.82) is 0 Å². The van der Waals surface area contributed by atoms with Gasteiger partial charge in [0.25, 0.3) is 0 Å². The Labute approximate surface area is 125 Å². The molecule has 0 atom stereocenters. The molecule has 0 bridgehead atoms. The van der Waals surface area contributed by atoms with E-state index >= 15 is 0 Å². The van der Waals surface area contributed by atoms with Gasteiger partial charge in [-0.15, -0.1) is 0 Å². The smallest absolute Gasteiger partial charge is 0.0814 e. The van der Waals surface area contributed by atoms with E-state index in [0.717, 1.165) is 4.48 Å². The monoisotopic (exact) mass is 270 g/mol. The lowest BCUT2D eigenvalue weighted by Gasteiger charge is -2.23. The van der Waals surface area contributed by atoms with Crippen molar-refractivity contribution in [3.8, 4) is 0 Å². The van der Waals surface area contributed by atoms with Gasteiger partial charge in [0, 0.05) is 0 Å². The highest BCUT2D eigenvalue weighted by Gasteiger charge is 2.04. The Morgan fingerprint density at radius 1 is 0.526 bits per heavy atom. The molecule has 0 saturated carbocycles. The average molecular weight is 270 g/mol. The summed E-state index contributed by atoms with van der Waals surface area (Å²) >= 11 is 0. The topological polar surface area (TPSA) is 0 Å². The molecule has 0 N–H and O–H groups in total. The van der Waals surface area contributed by atoms with Gasteiger partial charge in [-0.1, -0.05) is 71.1 Å². The fourth-order valence-corrected chi connectivity index (χ4v) is 2.43. The van der Waals surface area contributed by atoms with Gasteiger partial charge < -0.3 is 4.48 Å². The molecule has 116 valence electrons. The highest BCUT2D eigenvalue weighted by Crippen LogP contribution is 2.12. The Bertz CT molecular complexity index is 163. The minimum Gasteiger partial charge on any atom is -0.331 e. The van der Waals surface area contributed by atoms with Crippen LogP contribution in [0.1, 0.15) is 84.0 Å². The first-order valence-electron chi connectivity index (χ1n) is 8.36. The lowest BCUT2D eigenvalue weighted by Crippen LogP contribution is -2.35. The third-order valence-electron chi connectivity index (χ3n) is 3.68. The van der Waals surface area contributed by atoms with Crippen LogP contribution in [0.2, 0.25) is 0 Å². The summed E-state index contributed by atoms with van der Waals surface area (Å²) in [6.45, 7) is 3.62. The minimum atomic E-state index is 0. The molecule has 0 heterocycles. The van der Waals surface area contributed by atoms with Gasteiger partial charge in [-0.2, -0.15) is 0 Å². The number of unbranched alkanes of at least 4 members (excludes halogenated alkanes) is 11. The predicted molar refractivity (Wildman–Crippen MR) is 93.9 cm³/mol. The fourth-order valence-electron chi connectivity index (χ4n) is 2.43. The first kappa shape index (κ1) is 21.3. The molecular formula is C17H41BN+. The van der Waals surface area contributed by atoms with Crippen molar-refractivity contribution in [3.63, 3.8) is 0 Å². The average Bonchev–Trinajstić information content (AvgIpc) is 2.29. The lowest BCUT2D eigenvalue weighted by atomic mass is 10.1.